The molecule has 1 aromatic rings. The fourth-order valence-electron chi connectivity index (χ4n) is 1.15. The maximum atomic E-state index is 11.4. The van der Waals surface area contributed by atoms with E-state index < -0.39 is 0 Å². The van der Waals surface area contributed by atoms with Crippen LogP contribution in [-0.4, -0.2) is 9.97 Å². The van der Waals surface area contributed by atoms with E-state index in [1.165, 1.54) is 0 Å². The summed E-state index contributed by atoms with van der Waals surface area (Å²) in [5.74, 6) is 0.565. The van der Waals surface area contributed by atoms with Gasteiger partial charge in [0.2, 0.25) is 0 Å². The molecule has 0 atom stereocenters. The summed E-state index contributed by atoms with van der Waals surface area (Å²) in [6, 6.07) is 0. The molecule has 0 spiro atoms. The predicted octanol–water partition coefficient (Wildman–Crippen LogP) is 2.07. The Kier molecular flexibility index (Phi) is 3.48. The predicted molar refractivity (Wildman–Crippen MR) is 53.2 cm³/mol. The molecule has 72 valence electrons. The first kappa shape index (κ1) is 10.3. The lowest BCUT2D eigenvalue weighted by Crippen LogP contribution is -2.16. The normalized spacial score (nSPS) is 10.4. The van der Waals surface area contributed by atoms with Gasteiger partial charge in [-0.05, 0) is 19.8 Å². The number of nitrogens with zero attached hydrogens (tertiary/aromatic N) is 1. The molecule has 0 radical (unpaired) electrons. The third-order valence-corrected chi connectivity index (χ3v) is 2.18. The van der Waals surface area contributed by atoms with Gasteiger partial charge in [-0.3, -0.25) is 4.79 Å². The van der Waals surface area contributed by atoms with Crippen LogP contribution in [0.25, 0.3) is 0 Å². The van der Waals surface area contributed by atoms with Gasteiger partial charge in [-0.15, -0.1) is 0 Å². The van der Waals surface area contributed by atoms with E-state index in [2.05, 4.69) is 16.9 Å². The Morgan fingerprint density at radius 3 is 2.77 bits per heavy atom. The molecule has 0 aliphatic rings. The van der Waals surface area contributed by atoms with Gasteiger partial charge < -0.3 is 4.98 Å². The van der Waals surface area contributed by atoms with Crippen LogP contribution < -0.4 is 5.56 Å². The van der Waals surface area contributed by atoms with E-state index in [4.69, 9.17) is 11.6 Å². The molecule has 1 N–H and O–H groups in total. The van der Waals surface area contributed by atoms with Crippen LogP contribution in [-0.2, 0) is 6.42 Å². The van der Waals surface area contributed by atoms with E-state index >= 15 is 0 Å². The minimum atomic E-state index is -0.106. The Morgan fingerprint density at radius 2 is 2.23 bits per heavy atom. The van der Waals surface area contributed by atoms with Crippen LogP contribution in [0.5, 0.6) is 0 Å². The fourth-order valence-corrected chi connectivity index (χ4v) is 1.45. The van der Waals surface area contributed by atoms with E-state index in [9.17, 15) is 4.79 Å². The van der Waals surface area contributed by atoms with Gasteiger partial charge in [0.25, 0.3) is 5.56 Å². The van der Waals surface area contributed by atoms with Crippen molar-refractivity contribution in [2.45, 2.75) is 33.1 Å². The van der Waals surface area contributed by atoms with E-state index in [-0.39, 0.29) is 5.56 Å². The summed E-state index contributed by atoms with van der Waals surface area (Å²) in [4.78, 5) is 18.0. The SMILES string of the molecule is CCCCc1c(Cl)nc(C)[nH]c1=O. The first-order valence-electron chi connectivity index (χ1n) is 4.40. The number of H-pyrrole nitrogens is 1. The second kappa shape index (κ2) is 4.42. The lowest BCUT2D eigenvalue weighted by molar-refractivity contribution is 0.778. The highest BCUT2D eigenvalue weighted by Gasteiger charge is 2.06. The maximum absolute atomic E-state index is 11.4. The molecule has 3 nitrogen and oxygen atoms in total. The van der Waals surface area contributed by atoms with Gasteiger partial charge in [-0.25, -0.2) is 4.98 Å². The lowest BCUT2D eigenvalue weighted by atomic mass is 10.1. The Bertz CT molecular complexity index is 346. The third kappa shape index (κ3) is 2.56. The number of halogens is 1. The molecule has 0 aromatic carbocycles. The number of unbranched alkanes of at least 4 members (excludes halogenated alkanes) is 1. The summed E-state index contributed by atoms with van der Waals surface area (Å²) in [5.41, 5.74) is 0.500. The van der Waals surface area contributed by atoms with Crippen molar-refractivity contribution in [3.05, 3.63) is 26.9 Å². The van der Waals surface area contributed by atoms with Crippen LogP contribution in [0.15, 0.2) is 4.79 Å². The van der Waals surface area contributed by atoms with Gasteiger partial charge in [0.1, 0.15) is 11.0 Å². The van der Waals surface area contributed by atoms with Gasteiger partial charge in [-0.2, -0.15) is 0 Å². The molecular formula is C9H13ClN2O. The molecule has 0 fully saturated rings. The number of aryl methyl sites for hydroxylation is 1. The quantitative estimate of drug-likeness (QED) is 0.760. The van der Waals surface area contributed by atoms with Gasteiger partial charge in [-0.1, -0.05) is 24.9 Å². The van der Waals surface area contributed by atoms with Crippen molar-refractivity contribution in [1.29, 1.82) is 0 Å². The third-order valence-electron chi connectivity index (χ3n) is 1.86. The van der Waals surface area contributed by atoms with Gasteiger partial charge >= 0.3 is 0 Å². The molecule has 1 heterocycles. The zero-order valence-electron chi connectivity index (χ0n) is 7.85. The molecule has 13 heavy (non-hydrogen) atoms. The summed E-state index contributed by atoms with van der Waals surface area (Å²) in [6.07, 6.45) is 2.72. The number of aromatic amines is 1. The monoisotopic (exact) mass is 200 g/mol. The zero-order valence-corrected chi connectivity index (χ0v) is 8.61. The van der Waals surface area contributed by atoms with Crippen molar-refractivity contribution >= 4 is 11.6 Å². The highest BCUT2D eigenvalue weighted by atomic mass is 35.5. The average Bonchev–Trinajstić information content (AvgIpc) is 2.02. The van der Waals surface area contributed by atoms with Gasteiger partial charge in [0.15, 0.2) is 0 Å². The van der Waals surface area contributed by atoms with Crippen LogP contribution in [0.1, 0.15) is 31.2 Å². The molecule has 0 aliphatic heterocycles. The minimum absolute atomic E-state index is 0.106. The van der Waals surface area contributed by atoms with Crippen molar-refractivity contribution in [2.24, 2.45) is 0 Å². The van der Waals surface area contributed by atoms with E-state index in [0.29, 0.717) is 23.0 Å². The second-order valence-electron chi connectivity index (χ2n) is 3.02. The summed E-state index contributed by atoms with van der Waals surface area (Å²) in [5, 5.41) is 0.342. The van der Waals surface area contributed by atoms with E-state index in [0.717, 1.165) is 12.8 Å². The first-order chi connectivity index (χ1) is 6.15. The van der Waals surface area contributed by atoms with E-state index in [1.807, 2.05) is 0 Å². The van der Waals surface area contributed by atoms with Crippen LogP contribution >= 0.6 is 11.6 Å². The topological polar surface area (TPSA) is 45.8 Å². The molecule has 0 aliphatic carbocycles. The Morgan fingerprint density at radius 1 is 1.54 bits per heavy atom. The summed E-state index contributed by atoms with van der Waals surface area (Å²) >= 11 is 5.84. The highest BCUT2D eigenvalue weighted by Crippen LogP contribution is 2.10. The fraction of sp³-hybridized carbons (Fsp3) is 0.556. The molecule has 0 bridgehead atoms. The first-order valence-corrected chi connectivity index (χ1v) is 4.78. The molecule has 4 heteroatoms. The second-order valence-corrected chi connectivity index (χ2v) is 3.38. The molecule has 0 unspecified atom stereocenters. The Hall–Kier alpha value is -0.830. The molecule has 0 saturated carbocycles. The number of hydrogen-bond acceptors (Lipinski definition) is 2. The minimum Gasteiger partial charge on any atom is -0.310 e. The summed E-state index contributed by atoms with van der Waals surface area (Å²) in [6.45, 7) is 3.79. The van der Waals surface area contributed by atoms with Crippen molar-refractivity contribution in [3.8, 4) is 0 Å². The number of hydrogen-bond donors (Lipinski definition) is 1. The van der Waals surface area contributed by atoms with Gasteiger partial charge in [0, 0.05) is 0 Å². The smallest absolute Gasteiger partial charge is 0.255 e. The molecular weight excluding hydrogens is 188 g/mol. The Labute approximate surface area is 82.2 Å². The largest absolute Gasteiger partial charge is 0.310 e. The number of nitrogens with one attached hydrogen (secondary N) is 1. The van der Waals surface area contributed by atoms with Gasteiger partial charge in [0.05, 0.1) is 5.56 Å². The van der Waals surface area contributed by atoms with Crippen molar-refractivity contribution in [2.75, 3.05) is 0 Å². The van der Waals surface area contributed by atoms with Crippen molar-refractivity contribution in [1.82, 2.24) is 9.97 Å². The number of aromatic nitrogens is 2. The standard InChI is InChI=1S/C9H13ClN2O/c1-3-4-5-7-8(10)11-6(2)12-9(7)13/h3-5H2,1-2H3,(H,11,12,13). The summed E-state index contributed by atoms with van der Waals surface area (Å²) < 4.78 is 0. The molecule has 1 aromatic heterocycles. The van der Waals surface area contributed by atoms with Crippen LogP contribution in [0, 0.1) is 6.92 Å². The molecule has 0 amide bonds. The average molecular weight is 201 g/mol. The molecule has 0 saturated heterocycles. The van der Waals surface area contributed by atoms with Crippen molar-refractivity contribution < 1.29 is 0 Å². The van der Waals surface area contributed by atoms with E-state index in [1.54, 1.807) is 6.92 Å². The zero-order chi connectivity index (χ0) is 9.84. The maximum Gasteiger partial charge on any atom is 0.255 e. The lowest BCUT2D eigenvalue weighted by Gasteiger charge is -2.01. The Balaban J connectivity index is 2.99. The number of rotatable bonds is 3. The summed E-state index contributed by atoms with van der Waals surface area (Å²) in [7, 11) is 0. The molecule has 1 rings (SSSR count). The highest BCUT2D eigenvalue weighted by molar-refractivity contribution is 6.30. The van der Waals surface area contributed by atoms with Crippen LogP contribution in [0.3, 0.4) is 0 Å². The van der Waals surface area contributed by atoms with Crippen LogP contribution in [0.2, 0.25) is 5.15 Å². The van der Waals surface area contributed by atoms with Crippen LogP contribution in [0.4, 0.5) is 0 Å². The van der Waals surface area contributed by atoms with Crippen molar-refractivity contribution in [3.63, 3.8) is 0 Å².